The molecule has 2 aromatic rings. The number of ether oxygens (including phenoxy) is 6. The molecule has 2 aromatic carbocycles. The summed E-state index contributed by atoms with van der Waals surface area (Å²) in [5.41, 5.74) is 1.15. The number of carbonyl (C=O) groups excluding carboxylic acids is 5. The summed E-state index contributed by atoms with van der Waals surface area (Å²) < 4.78 is 32.2. The Morgan fingerprint density at radius 3 is 1.43 bits per heavy atom. The molecule has 0 spiro atoms. The highest BCUT2D eigenvalue weighted by molar-refractivity contribution is 5.85. The monoisotopic (exact) mass is 616 g/mol. The van der Waals surface area contributed by atoms with Crippen LogP contribution in [0.5, 0.6) is 11.5 Å². The van der Waals surface area contributed by atoms with E-state index < -0.39 is 23.9 Å². The molecule has 2 rings (SSSR count). The minimum absolute atomic E-state index is 0.00789. The molecule has 0 saturated carbocycles. The number of hydrogen-bond acceptors (Lipinski definition) is 13. The summed E-state index contributed by atoms with van der Waals surface area (Å²) >= 11 is 0. The Hall–Kier alpha value is -4.81. The molecule has 0 aliphatic carbocycles. The lowest BCUT2D eigenvalue weighted by Crippen LogP contribution is -2.36. The number of hydrogen-bond donors (Lipinski definition) is 0. The Balaban J connectivity index is 2.25. The molecule has 13 heteroatoms. The number of carbonyl (C=O) groups is 5. The largest absolute Gasteiger partial charge is 0.488 e. The lowest BCUT2D eigenvalue weighted by atomic mass is 10.2. The molecule has 0 aliphatic rings. The van der Waals surface area contributed by atoms with Gasteiger partial charge in [0.05, 0.1) is 37.8 Å². The van der Waals surface area contributed by atoms with Crippen molar-refractivity contribution in [1.82, 2.24) is 0 Å². The van der Waals surface area contributed by atoms with Gasteiger partial charge in [0.2, 0.25) is 0 Å². The van der Waals surface area contributed by atoms with Gasteiger partial charge in [-0.1, -0.05) is 12.1 Å². The lowest BCUT2D eigenvalue weighted by Gasteiger charge is -2.26. The molecule has 240 valence electrons. The third-order valence-corrected chi connectivity index (χ3v) is 5.77. The van der Waals surface area contributed by atoms with E-state index in [1.54, 1.807) is 58.0 Å². The summed E-state index contributed by atoms with van der Waals surface area (Å²) in [7, 11) is 0. The second-order valence-electron chi connectivity index (χ2n) is 8.94. The van der Waals surface area contributed by atoms with E-state index in [1.807, 2.05) is 0 Å². The highest BCUT2D eigenvalue weighted by Gasteiger charge is 2.22. The predicted octanol–water partition coefficient (Wildman–Crippen LogP) is 2.82. The molecular weight excluding hydrogens is 576 g/mol. The summed E-state index contributed by atoms with van der Waals surface area (Å²) in [5.74, 6) is -1.56. The van der Waals surface area contributed by atoms with E-state index in [4.69, 9.17) is 28.4 Å². The highest BCUT2D eigenvalue weighted by atomic mass is 16.5. The Morgan fingerprint density at radius 1 is 0.591 bits per heavy atom. The van der Waals surface area contributed by atoms with Gasteiger partial charge in [-0.3, -0.25) is 24.0 Å². The van der Waals surface area contributed by atoms with Gasteiger partial charge in [0, 0.05) is 5.56 Å². The van der Waals surface area contributed by atoms with E-state index >= 15 is 0 Å². The minimum Gasteiger partial charge on any atom is -0.488 e. The van der Waals surface area contributed by atoms with Crippen LogP contribution in [0.15, 0.2) is 42.5 Å². The molecular formula is C31H40N2O11. The van der Waals surface area contributed by atoms with Crippen LogP contribution >= 0.6 is 0 Å². The number of nitrogens with zero attached hydrogens (tertiary/aromatic N) is 2. The molecule has 0 amide bonds. The Bertz CT molecular complexity index is 1210. The average molecular weight is 617 g/mol. The zero-order valence-corrected chi connectivity index (χ0v) is 25.6. The standard InChI is InChI=1S/C31H40N2O11/c1-5-39-28(35)18-32(19-29(36)40-6-2)24-11-9-10-12-26(24)43-15-16-44-27-17-23(22-34)13-14-25(27)33(20-30(37)41-7-3)21-31(38)42-8-4/h9-14,17,22H,5-8,15-16,18-21H2,1-4H3. The quantitative estimate of drug-likeness (QED) is 0.0930. The van der Waals surface area contributed by atoms with Gasteiger partial charge in [-0.2, -0.15) is 0 Å². The van der Waals surface area contributed by atoms with E-state index in [-0.39, 0.29) is 71.6 Å². The van der Waals surface area contributed by atoms with Crippen LogP contribution in [-0.2, 0) is 38.1 Å². The second kappa shape index (κ2) is 19.4. The maximum Gasteiger partial charge on any atom is 0.325 e. The summed E-state index contributed by atoms with van der Waals surface area (Å²) in [6.07, 6.45) is 0.645. The van der Waals surface area contributed by atoms with Gasteiger partial charge in [0.1, 0.15) is 57.2 Å². The number of rotatable bonds is 20. The number of aldehydes is 1. The molecule has 0 N–H and O–H groups in total. The normalized spacial score (nSPS) is 10.3. The smallest absolute Gasteiger partial charge is 0.325 e. The van der Waals surface area contributed by atoms with Crippen LogP contribution in [-0.4, -0.2) is 96.0 Å². The first kappa shape index (κ1) is 35.4. The molecule has 0 atom stereocenters. The lowest BCUT2D eigenvalue weighted by molar-refractivity contribution is -0.144. The van der Waals surface area contributed by atoms with Crippen molar-refractivity contribution in [2.45, 2.75) is 27.7 Å². The van der Waals surface area contributed by atoms with Gasteiger partial charge in [0.25, 0.3) is 0 Å². The Kier molecular flexibility index (Phi) is 15.6. The first-order chi connectivity index (χ1) is 21.3. The van der Waals surface area contributed by atoms with Crippen molar-refractivity contribution in [3.05, 3.63) is 48.0 Å². The second-order valence-corrected chi connectivity index (χ2v) is 8.94. The van der Waals surface area contributed by atoms with E-state index in [0.29, 0.717) is 29.0 Å². The minimum atomic E-state index is -0.558. The number of para-hydroxylation sites is 2. The SMILES string of the molecule is CCOC(=O)CN(CC(=O)OCC)c1ccccc1OCCOc1cc(C=O)ccc1N(CC(=O)OCC)CC(=O)OCC. The molecule has 13 nitrogen and oxygen atoms in total. The predicted molar refractivity (Wildman–Crippen MR) is 160 cm³/mol. The van der Waals surface area contributed by atoms with E-state index in [9.17, 15) is 24.0 Å². The fourth-order valence-corrected chi connectivity index (χ4v) is 4.03. The molecule has 0 unspecified atom stereocenters. The summed E-state index contributed by atoms with van der Waals surface area (Å²) in [5, 5.41) is 0. The zero-order valence-electron chi connectivity index (χ0n) is 25.6. The van der Waals surface area contributed by atoms with Crippen LogP contribution in [0.3, 0.4) is 0 Å². The van der Waals surface area contributed by atoms with Gasteiger partial charge >= 0.3 is 23.9 Å². The van der Waals surface area contributed by atoms with E-state index in [0.717, 1.165) is 0 Å². The summed E-state index contributed by atoms with van der Waals surface area (Å²) in [6, 6.07) is 11.4. The van der Waals surface area contributed by atoms with Gasteiger partial charge < -0.3 is 38.2 Å². The Morgan fingerprint density at radius 2 is 1.00 bits per heavy atom. The van der Waals surface area contributed by atoms with Crippen LogP contribution in [0, 0.1) is 0 Å². The topological polar surface area (TPSA) is 147 Å². The van der Waals surface area contributed by atoms with Gasteiger partial charge in [-0.05, 0) is 58.0 Å². The van der Waals surface area contributed by atoms with Crippen molar-refractivity contribution in [1.29, 1.82) is 0 Å². The van der Waals surface area contributed by atoms with Crippen LogP contribution in [0.25, 0.3) is 0 Å². The van der Waals surface area contributed by atoms with Crippen LogP contribution in [0.4, 0.5) is 11.4 Å². The molecule has 0 fully saturated rings. The van der Waals surface area contributed by atoms with E-state index in [2.05, 4.69) is 0 Å². The van der Waals surface area contributed by atoms with Crippen molar-refractivity contribution >= 4 is 41.5 Å². The molecule has 0 radical (unpaired) electrons. The third kappa shape index (κ3) is 11.8. The van der Waals surface area contributed by atoms with Crippen molar-refractivity contribution in [3.63, 3.8) is 0 Å². The number of benzene rings is 2. The van der Waals surface area contributed by atoms with Crippen LogP contribution in [0.2, 0.25) is 0 Å². The molecule has 0 heterocycles. The Labute approximate surface area is 256 Å². The molecule has 0 bridgehead atoms. The molecule has 0 aliphatic heterocycles. The number of esters is 4. The van der Waals surface area contributed by atoms with Gasteiger partial charge in [-0.15, -0.1) is 0 Å². The fraction of sp³-hybridized carbons (Fsp3) is 0.452. The highest BCUT2D eigenvalue weighted by Crippen LogP contribution is 2.31. The van der Waals surface area contributed by atoms with Crippen LogP contribution in [0.1, 0.15) is 38.1 Å². The zero-order chi connectivity index (χ0) is 32.3. The summed E-state index contributed by atoms with van der Waals surface area (Å²) in [4.78, 5) is 63.6. The molecule has 44 heavy (non-hydrogen) atoms. The first-order valence-corrected chi connectivity index (χ1v) is 14.3. The van der Waals surface area contributed by atoms with Crippen molar-refractivity contribution in [2.24, 2.45) is 0 Å². The maximum absolute atomic E-state index is 12.3. The maximum atomic E-state index is 12.3. The van der Waals surface area contributed by atoms with Gasteiger partial charge in [0.15, 0.2) is 0 Å². The first-order valence-electron chi connectivity index (χ1n) is 14.3. The van der Waals surface area contributed by atoms with Gasteiger partial charge in [-0.25, -0.2) is 0 Å². The van der Waals surface area contributed by atoms with Crippen LogP contribution < -0.4 is 19.3 Å². The van der Waals surface area contributed by atoms with Crippen molar-refractivity contribution < 1.29 is 52.4 Å². The summed E-state index contributed by atoms with van der Waals surface area (Å²) in [6.45, 7) is 6.50. The molecule has 0 saturated heterocycles. The fourth-order valence-electron chi connectivity index (χ4n) is 4.03. The third-order valence-electron chi connectivity index (χ3n) is 5.77. The average Bonchev–Trinajstić information content (AvgIpc) is 2.99. The van der Waals surface area contributed by atoms with Crippen molar-refractivity contribution in [3.8, 4) is 11.5 Å². The number of anilines is 2. The van der Waals surface area contributed by atoms with E-state index in [1.165, 1.54) is 21.9 Å². The van der Waals surface area contributed by atoms with Crippen molar-refractivity contribution in [2.75, 3.05) is 75.6 Å². The molecule has 0 aromatic heterocycles.